The second-order valence-electron chi connectivity index (χ2n) is 5.55. The second-order valence-corrected chi connectivity index (χ2v) is 5.55. The first-order valence-electron chi connectivity index (χ1n) is 7.25. The Bertz CT molecular complexity index is 337. The summed E-state index contributed by atoms with van der Waals surface area (Å²) in [5.41, 5.74) is 2.83. The van der Waals surface area contributed by atoms with E-state index in [0.29, 0.717) is 0 Å². The maximum Gasteiger partial charge on any atom is 0.0205 e. The normalized spacial score (nSPS) is 18.1. The van der Waals surface area contributed by atoms with Crippen LogP contribution in [0.2, 0.25) is 0 Å². The molecule has 2 nitrogen and oxygen atoms in total. The van der Waals surface area contributed by atoms with Gasteiger partial charge in [-0.2, -0.15) is 0 Å². The Morgan fingerprint density at radius 2 is 1.72 bits per heavy atom. The molecule has 2 heteroatoms. The molecule has 2 rings (SSSR count). The lowest BCUT2D eigenvalue weighted by Crippen LogP contribution is -2.34. The summed E-state index contributed by atoms with van der Waals surface area (Å²) in [6.07, 6.45) is 3.82. The monoisotopic (exact) mass is 246 g/mol. The summed E-state index contributed by atoms with van der Waals surface area (Å²) in [6, 6.07) is 8.99. The smallest absolute Gasteiger partial charge is 0.0205 e. The number of hydrogen-bond donors (Lipinski definition) is 1. The van der Waals surface area contributed by atoms with Crippen LogP contribution in [0, 0.1) is 5.92 Å². The molecule has 1 aliphatic rings. The molecule has 0 bridgehead atoms. The molecule has 0 aromatic heterocycles. The first-order valence-corrected chi connectivity index (χ1v) is 7.25. The second kappa shape index (κ2) is 6.91. The number of nitrogens with zero attached hydrogens (tertiary/aromatic N) is 1. The molecule has 18 heavy (non-hydrogen) atoms. The van der Waals surface area contributed by atoms with Gasteiger partial charge in [0.05, 0.1) is 0 Å². The van der Waals surface area contributed by atoms with Gasteiger partial charge in [-0.25, -0.2) is 0 Å². The highest BCUT2D eigenvalue weighted by atomic mass is 15.1. The lowest BCUT2D eigenvalue weighted by atomic mass is 9.97. The molecule has 1 aromatic carbocycles. The zero-order valence-electron chi connectivity index (χ0n) is 11.8. The van der Waals surface area contributed by atoms with Crippen molar-refractivity contribution in [2.45, 2.75) is 32.7 Å². The van der Waals surface area contributed by atoms with Gasteiger partial charge < -0.3 is 10.2 Å². The molecule has 1 aliphatic heterocycles. The fourth-order valence-electron chi connectivity index (χ4n) is 2.58. The van der Waals surface area contributed by atoms with E-state index >= 15 is 0 Å². The van der Waals surface area contributed by atoms with Crippen molar-refractivity contribution in [1.82, 2.24) is 10.2 Å². The van der Waals surface area contributed by atoms with E-state index < -0.39 is 0 Å². The molecule has 1 heterocycles. The van der Waals surface area contributed by atoms with Crippen molar-refractivity contribution < 1.29 is 0 Å². The predicted molar refractivity (Wildman–Crippen MR) is 77.7 cm³/mol. The Labute approximate surface area is 111 Å². The predicted octanol–water partition coefficient (Wildman–Crippen LogP) is 2.68. The average Bonchev–Trinajstić information content (AvgIpc) is 2.42. The van der Waals surface area contributed by atoms with E-state index in [1.54, 1.807) is 0 Å². The Kier molecular flexibility index (Phi) is 5.21. The number of piperidine rings is 1. The third kappa shape index (κ3) is 4.11. The Hall–Kier alpha value is -0.860. The Balaban J connectivity index is 1.68. The van der Waals surface area contributed by atoms with Gasteiger partial charge in [-0.3, -0.25) is 0 Å². The van der Waals surface area contributed by atoms with Crippen molar-refractivity contribution in [2.75, 3.05) is 26.7 Å². The molecule has 0 atom stereocenters. The van der Waals surface area contributed by atoms with E-state index in [-0.39, 0.29) is 0 Å². The summed E-state index contributed by atoms with van der Waals surface area (Å²) in [6.45, 7) is 6.90. The van der Waals surface area contributed by atoms with Gasteiger partial charge in [-0.15, -0.1) is 0 Å². The van der Waals surface area contributed by atoms with Crippen molar-refractivity contribution in [3.05, 3.63) is 35.4 Å². The largest absolute Gasteiger partial charge is 0.312 e. The maximum atomic E-state index is 3.61. The summed E-state index contributed by atoms with van der Waals surface area (Å²) in [7, 11) is 2.22. The van der Waals surface area contributed by atoms with E-state index in [1.807, 2.05) is 0 Å². The minimum Gasteiger partial charge on any atom is -0.312 e. The number of nitrogens with one attached hydrogen (secondary N) is 1. The van der Waals surface area contributed by atoms with Crippen LogP contribution in [0.25, 0.3) is 0 Å². The van der Waals surface area contributed by atoms with E-state index in [0.717, 1.165) is 18.9 Å². The summed E-state index contributed by atoms with van der Waals surface area (Å²) in [4.78, 5) is 2.43. The molecule has 0 unspecified atom stereocenters. The van der Waals surface area contributed by atoms with Gasteiger partial charge in [0.15, 0.2) is 0 Å². The van der Waals surface area contributed by atoms with E-state index in [4.69, 9.17) is 0 Å². The van der Waals surface area contributed by atoms with Gasteiger partial charge in [0.1, 0.15) is 0 Å². The fourth-order valence-corrected chi connectivity index (χ4v) is 2.58. The van der Waals surface area contributed by atoms with Crippen molar-refractivity contribution >= 4 is 0 Å². The summed E-state index contributed by atoms with van der Waals surface area (Å²) in [5.74, 6) is 0.871. The van der Waals surface area contributed by atoms with E-state index in [2.05, 4.69) is 48.5 Å². The summed E-state index contributed by atoms with van der Waals surface area (Å²) >= 11 is 0. The van der Waals surface area contributed by atoms with Crippen LogP contribution in [0.1, 0.15) is 30.9 Å². The molecule has 1 N–H and O–H groups in total. The number of rotatable bonds is 5. The Morgan fingerprint density at radius 1 is 1.11 bits per heavy atom. The molecule has 0 spiro atoms. The quantitative estimate of drug-likeness (QED) is 0.859. The highest BCUT2D eigenvalue weighted by Gasteiger charge is 2.15. The van der Waals surface area contributed by atoms with Gasteiger partial charge in [0.25, 0.3) is 0 Å². The van der Waals surface area contributed by atoms with Crippen LogP contribution in [-0.4, -0.2) is 31.6 Å². The molecule has 0 saturated carbocycles. The van der Waals surface area contributed by atoms with Crippen LogP contribution < -0.4 is 5.32 Å². The zero-order valence-corrected chi connectivity index (χ0v) is 11.8. The zero-order chi connectivity index (χ0) is 12.8. The van der Waals surface area contributed by atoms with Crippen LogP contribution >= 0.6 is 0 Å². The number of benzene rings is 1. The SMILES string of the molecule is CCc1ccc(CNCC2CCN(C)CC2)cc1. The number of hydrogen-bond acceptors (Lipinski definition) is 2. The molecule has 0 aliphatic carbocycles. The van der Waals surface area contributed by atoms with Crippen LogP contribution in [0.15, 0.2) is 24.3 Å². The van der Waals surface area contributed by atoms with Gasteiger partial charge in [-0.05, 0) is 63.0 Å². The molecule has 0 amide bonds. The van der Waals surface area contributed by atoms with Crippen LogP contribution in [0.5, 0.6) is 0 Å². The van der Waals surface area contributed by atoms with Crippen molar-refractivity contribution in [2.24, 2.45) is 5.92 Å². The number of likely N-dealkylation sites (tertiary alicyclic amines) is 1. The lowest BCUT2D eigenvalue weighted by Gasteiger charge is -2.29. The Morgan fingerprint density at radius 3 is 2.33 bits per heavy atom. The highest BCUT2D eigenvalue weighted by Crippen LogP contribution is 2.15. The molecule has 0 radical (unpaired) electrons. The first-order chi connectivity index (χ1) is 8.78. The highest BCUT2D eigenvalue weighted by molar-refractivity contribution is 5.22. The summed E-state index contributed by atoms with van der Waals surface area (Å²) in [5, 5.41) is 3.61. The first kappa shape index (κ1) is 13.6. The minimum atomic E-state index is 0.871. The van der Waals surface area contributed by atoms with E-state index in [1.165, 1.54) is 43.6 Å². The van der Waals surface area contributed by atoms with Crippen molar-refractivity contribution in [1.29, 1.82) is 0 Å². The molecule has 1 fully saturated rings. The average molecular weight is 246 g/mol. The lowest BCUT2D eigenvalue weighted by molar-refractivity contribution is 0.216. The fraction of sp³-hybridized carbons (Fsp3) is 0.625. The van der Waals surface area contributed by atoms with E-state index in [9.17, 15) is 0 Å². The molecular weight excluding hydrogens is 220 g/mol. The van der Waals surface area contributed by atoms with Gasteiger partial charge in [-0.1, -0.05) is 31.2 Å². The number of aryl methyl sites for hydroxylation is 1. The van der Waals surface area contributed by atoms with Gasteiger partial charge in [0, 0.05) is 6.54 Å². The maximum absolute atomic E-state index is 3.61. The van der Waals surface area contributed by atoms with Crippen LogP contribution in [0.3, 0.4) is 0 Å². The molecule has 100 valence electrons. The minimum absolute atomic E-state index is 0.871. The third-order valence-corrected chi connectivity index (χ3v) is 4.03. The third-order valence-electron chi connectivity index (χ3n) is 4.03. The summed E-state index contributed by atoms with van der Waals surface area (Å²) < 4.78 is 0. The molecular formula is C16H26N2. The van der Waals surface area contributed by atoms with Gasteiger partial charge >= 0.3 is 0 Å². The molecule has 1 aromatic rings. The topological polar surface area (TPSA) is 15.3 Å². The van der Waals surface area contributed by atoms with Crippen molar-refractivity contribution in [3.63, 3.8) is 0 Å². The molecule has 1 saturated heterocycles. The van der Waals surface area contributed by atoms with Crippen LogP contribution in [-0.2, 0) is 13.0 Å². The van der Waals surface area contributed by atoms with Gasteiger partial charge in [0.2, 0.25) is 0 Å². The van der Waals surface area contributed by atoms with Crippen molar-refractivity contribution in [3.8, 4) is 0 Å². The van der Waals surface area contributed by atoms with Crippen LogP contribution in [0.4, 0.5) is 0 Å². The standard InChI is InChI=1S/C16H26N2/c1-3-14-4-6-15(7-5-14)12-17-13-16-8-10-18(2)11-9-16/h4-7,16-17H,3,8-13H2,1-2H3.